The predicted molar refractivity (Wildman–Crippen MR) is 58.4 cm³/mol. The maximum atomic E-state index is 13.6. The number of rotatable bonds is 2. The number of aromatic nitrogens is 2. The van der Waals surface area contributed by atoms with Crippen LogP contribution in [-0.2, 0) is 5.67 Å². The normalized spacial score (nSPS) is 23.8. The van der Waals surface area contributed by atoms with Crippen molar-refractivity contribution in [3.8, 4) is 0 Å². The first-order valence-electron chi connectivity index (χ1n) is 5.52. The van der Waals surface area contributed by atoms with E-state index in [1.807, 2.05) is 0 Å². The highest BCUT2D eigenvalue weighted by Crippen LogP contribution is 2.48. The van der Waals surface area contributed by atoms with Crippen molar-refractivity contribution >= 4 is 12.4 Å². The van der Waals surface area contributed by atoms with E-state index in [-0.39, 0.29) is 18.3 Å². The zero-order valence-corrected chi connectivity index (χ0v) is 9.73. The third-order valence-electron chi connectivity index (χ3n) is 3.22. The van der Waals surface area contributed by atoms with Gasteiger partial charge in [0.2, 0.25) is 0 Å². The SMILES string of the molecule is Cl.FC1(c2nc(C3CCNCC3)no2)CC1. The standard InChI is InChI=1S/C10H14FN3O.ClH/c11-10(3-4-10)9-13-8(14-15-9)7-1-5-12-6-2-7;/h7,12H,1-6H2;1H. The largest absolute Gasteiger partial charge is 0.336 e. The molecule has 1 aromatic rings. The van der Waals surface area contributed by atoms with Crippen LogP contribution in [-0.4, -0.2) is 23.2 Å². The van der Waals surface area contributed by atoms with Crippen molar-refractivity contribution < 1.29 is 8.91 Å². The van der Waals surface area contributed by atoms with Crippen molar-refractivity contribution in [3.63, 3.8) is 0 Å². The summed E-state index contributed by atoms with van der Waals surface area (Å²) in [7, 11) is 0. The van der Waals surface area contributed by atoms with Crippen molar-refractivity contribution in [2.24, 2.45) is 0 Å². The summed E-state index contributed by atoms with van der Waals surface area (Å²) in [6, 6.07) is 0. The monoisotopic (exact) mass is 247 g/mol. The number of halogens is 2. The molecule has 1 aliphatic carbocycles. The summed E-state index contributed by atoms with van der Waals surface area (Å²) in [5.74, 6) is 1.22. The lowest BCUT2D eigenvalue weighted by atomic mass is 9.98. The van der Waals surface area contributed by atoms with Crippen LogP contribution in [0.15, 0.2) is 4.52 Å². The maximum Gasteiger partial charge on any atom is 0.264 e. The van der Waals surface area contributed by atoms with Crippen molar-refractivity contribution in [1.29, 1.82) is 0 Å². The molecule has 0 spiro atoms. The number of nitrogens with one attached hydrogen (secondary N) is 1. The third kappa shape index (κ3) is 2.06. The van der Waals surface area contributed by atoms with Crippen LogP contribution < -0.4 is 5.32 Å². The van der Waals surface area contributed by atoms with Gasteiger partial charge in [0, 0.05) is 5.92 Å². The molecule has 2 aliphatic rings. The van der Waals surface area contributed by atoms with Crippen LogP contribution in [0.3, 0.4) is 0 Å². The van der Waals surface area contributed by atoms with E-state index in [0.717, 1.165) is 25.9 Å². The second-order valence-electron chi connectivity index (χ2n) is 4.45. The van der Waals surface area contributed by atoms with Gasteiger partial charge in [0.1, 0.15) is 0 Å². The summed E-state index contributed by atoms with van der Waals surface area (Å²) < 4.78 is 18.6. The molecule has 0 amide bonds. The number of hydrogen-bond donors (Lipinski definition) is 1. The maximum absolute atomic E-state index is 13.6. The van der Waals surface area contributed by atoms with Crippen LogP contribution in [0.25, 0.3) is 0 Å². The summed E-state index contributed by atoms with van der Waals surface area (Å²) in [6.45, 7) is 1.96. The molecule has 2 fully saturated rings. The van der Waals surface area contributed by atoms with Crippen LogP contribution in [0.5, 0.6) is 0 Å². The van der Waals surface area contributed by atoms with Crippen LogP contribution in [0.4, 0.5) is 4.39 Å². The number of piperidine rings is 1. The highest BCUT2D eigenvalue weighted by Gasteiger charge is 2.50. The first-order valence-corrected chi connectivity index (χ1v) is 5.52. The van der Waals surface area contributed by atoms with Gasteiger partial charge in [0.25, 0.3) is 5.89 Å². The van der Waals surface area contributed by atoms with E-state index in [0.29, 0.717) is 24.6 Å². The molecule has 0 aromatic carbocycles. The molecule has 0 unspecified atom stereocenters. The van der Waals surface area contributed by atoms with Gasteiger partial charge >= 0.3 is 0 Å². The Kier molecular flexibility index (Phi) is 3.17. The fourth-order valence-corrected chi connectivity index (χ4v) is 1.99. The van der Waals surface area contributed by atoms with E-state index < -0.39 is 5.67 Å². The van der Waals surface area contributed by atoms with Crippen LogP contribution >= 0.6 is 12.4 Å². The summed E-state index contributed by atoms with van der Waals surface area (Å²) in [5.41, 5.74) is -1.29. The smallest absolute Gasteiger partial charge is 0.264 e. The van der Waals surface area contributed by atoms with Crippen molar-refractivity contribution in [3.05, 3.63) is 11.7 Å². The van der Waals surface area contributed by atoms with E-state index in [9.17, 15) is 4.39 Å². The molecule has 6 heteroatoms. The van der Waals surface area contributed by atoms with Crippen molar-refractivity contribution in [2.45, 2.75) is 37.3 Å². The average molecular weight is 248 g/mol. The number of alkyl halides is 1. The molecule has 4 nitrogen and oxygen atoms in total. The van der Waals surface area contributed by atoms with Gasteiger partial charge in [-0.3, -0.25) is 0 Å². The Bertz CT molecular complexity index is 361. The lowest BCUT2D eigenvalue weighted by Gasteiger charge is -2.18. The van der Waals surface area contributed by atoms with Gasteiger partial charge in [0.05, 0.1) is 0 Å². The lowest BCUT2D eigenvalue weighted by Crippen LogP contribution is -2.27. The second kappa shape index (κ2) is 4.30. The molecular formula is C10H15ClFN3O. The Morgan fingerprint density at radius 1 is 1.31 bits per heavy atom. The highest BCUT2D eigenvalue weighted by molar-refractivity contribution is 5.85. The second-order valence-corrected chi connectivity index (χ2v) is 4.45. The minimum atomic E-state index is -1.29. The lowest BCUT2D eigenvalue weighted by molar-refractivity contribution is 0.225. The van der Waals surface area contributed by atoms with Crippen LogP contribution in [0.2, 0.25) is 0 Å². The van der Waals surface area contributed by atoms with E-state index in [2.05, 4.69) is 15.5 Å². The predicted octanol–water partition coefficient (Wildman–Crippen LogP) is 1.92. The van der Waals surface area contributed by atoms with Gasteiger partial charge in [-0.25, -0.2) is 4.39 Å². The molecule has 0 atom stereocenters. The first kappa shape index (κ1) is 11.8. The van der Waals surface area contributed by atoms with E-state index in [1.165, 1.54) is 0 Å². The fourth-order valence-electron chi connectivity index (χ4n) is 1.99. The van der Waals surface area contributed by atoms with E-state index in [1.54, 1.807) is 0 Å². The quantitative estimate of drug-likeness (QED) is 0.868. The molecule has 0 radical (unpaired) electrons. The summed E-state index contributed by atoms with van der Waals surface area (Å²) in [4.78, 5) is 4.19. The summed E-state index contributed by atoms with van der Waals surface area (Å²) in [6.07, 6.45) is 3.08. The van der Waals surface area contributed by atoms with E-state index in [4.69, 9.17) is 4.52 Å². The topological polar surface area (TPSA) is 51.0 Å². The Hall–Kier alpha value is -0.680. The van der Waals surface area contributed by atoms with Crippen molar-refractivity contribution in [2.75, 3.05) is 13.1 Å². The minimum absolute atomic E-state index is 0. The fraction of sp³-hybridized carbons (Fsp3) is 0.800. The summed E-state index contributed by atoms with van der Waals surface area (Å²) in [5, 5.41) is 7.17. The zero-order chi connectivity index (χ0) is 10.3. The number of nitrogens with zero attached hydrogens (tertiary/aromatic N) is 2. The molecule has 1 saturated carbocycles. The molecular weight excluding hydrogens is 233 g/mol. The molecule has 0 bridgehead atoms. The average Bonchev–Trinajstić information content (AvgIpc) is 2.85. The molecule has 1 aromatic heterocycles. The zero-order valence-electron chi connectivity index (χ0n) is 8.91. The Morgan fingerprint density at radius 3 is 2.62 bits per heavy atom. The van der Waals surface area contributed by atoms with Gasteiger partial charge in [-0.05, 0) is 38.8 Å². The van der Waals surface area contributed by atoms with Crippen molar-refractivity contribution in [1.82, 2.24) is 15.5 Å². The molecule has 3 rings (SSSR count). The molecule has 16 heavy (non-hydrogen) atoms. The Balaban J connectivity index is 0.000000963. The van der Waals surface area contributed by atoms with Gasteiger partial charge in [0.15, 0.2) is 11.5 Å². The molecule has 1 aliphatic heterocycles. The van der Waals surface area contributed by atoms with Gasteiger partial charge in [-0.2, -0.15) is 4.98 Å². The molecule has 90 valence electrons. The first-order chi connectivity index (χ1) is 7.28. The Labute approximate surface area is 99.4 Å². The molecule has 1 saturated heterocycles. The van der Waals surface area contributed by atoms with Crippen LogP contribution in [0.1, 0.15) is 43.3 Å². The van der Waals surface area contributed by atoms with E-state index >= 15 is 0 Å². The molecule has 2 heterocycles. The van der Waals surface area contributed by atoms with Crippen LogP contribution in [0, 0.1) is 0 Å². The third-order valence-corrected chi connectivity index (χ3v) is 3.22. The summed E-state index contributed by atoms with van der Waals surface area (Å²) >= 11 is 0. The number of hydrogen-bond acceptors (Lipinski definition) is 4. The molecule has 1 N–H and O–H groups in total. The van der Waals surface area contributed by atoms with Gasteiger partial charge in [-0.15, -0.1) is 12.4 Å². The van der Waals surface area contributed by atoms with Gasteiger partial charge < -0.3 is 9.84 Å². The van der Waals surface area contributed by atoms with Gasteiger partial charge in [-0.1, -0.05) is 5.16 Å². The minimum Gasteiger partial charge on any atom is -0.336 e. The Morgan fingerprint density at radius 2 is 2.00 bits per heavy atom. The highest BCUT2D eigenvalue weighted by atomic mass is 35.5.